The van der Waals surface area contributed by atoms with E-state index < -0.39 is 0 Å². The van der Waals surface area contributed by atoms with Crippen LogP contribution in [0.5, 0.6) is 17.2 Å². The van der Waals surface area contributed by atoms with Gasteiger partial charge < -0.3 is 14.6 Å². The van der Waals surface area contributed by atoms with Crippen LogP contribution in [0, 0.1) is 0 Å². The number of hydrogen-bond donors (Lipinski definition) is 1. The molecule has 1 aliphatic heterocycles. The summed E-state index contributed by atoms with van der Waals surface area (Å²) in [5, 5.41) is 9.43. The summed E-state index contributed by atoms with van der Waals surface area (Å²) >= 11 is 0. The second-order valence-corrected chi connectivity index (χ2v) is 4.78. The van der Waals surface area contributed by atoms with Gasteiger partial charge in [0.1, 0.15) is 17.2 Å². The highest BCUT2D eigenvalue weighted by Crippen LogP contribution is 2.34. The van der Waals surface area contributed by atoms with Gasteiger partial charge in [-0.2, -0.15) is 0 Å². The van der Waals surface area contributed by atoms with Gasteiger partial charge >= 0.3 is 0 Å². The summed E-state index contributed by atoms with van der Waals surface area (Å²) in [5.41, 5.74) is 2.39. The molecule has 2 aromatic carbocycles. The van der Waals surface area contributed by atoms with Gasteiger partial charge in [0.05, 0.1) is 13.7 Å². The third-order valence-corrected chi connectivity index (χ3v) is 3.54. The zero-order chi connectivity index (χ0) is 13.2. The van der Waals surface area contributed by atoms with Crippen molar-refractivity contribution in [3.63, 3.8) is 0 Å². The van der Waals surface area contributed by atoms with Crippen LogP contribution in [-0.2, 0) is 6.42 Å². The zero-order valence-corrected chi connectivity index (χ0v) is 10.8. The number of phenols is 1. The zero-order valence-electron chi connectivity index (χ0n) is 10.8. The van der Waals surface area contributed by atoms with Crippen LogP contribution in [-0.4, -0.2) is 18.8 Å². The van der Waals surface area contributed by atoms with Gasteiger partial charge in [0.15, 0.2) is 0 Å². The Labute approximate surface area is 112 Å². The van der Waals surface area contributed by atoms with Crippen LogP contribution in [0.15, 0.2) is 42.5 Å². The number of aromatic hydroxyl groups is 1. The van der Waals surface area contributed by atoms with Gasteiger partial charge in [-0.15, -0.1) is 0 Å². The molecule has 0 bridgehead atoms. The molecule has 3 nitrogen and oxygen atoms in total. The topological polar surface area (TPSA) is 38.7 Å². The van der Waals surface area contributed by atoms with E-state index in [1.54, 1.807) is 19.2 Å². The molecule has 98 valence electrons. The van der Waals surface area contributed by atoms with Crippen molar-refractivity contribution in [2.24, 2.45) is 0 Å². The van der Waals surface area contributed by atoms with Crippen LogP contribution in [0.3, 0.4) is 0 Å². The standard InChI is InChI=1S/C16H16O3/c1-18-15-6-3-11(4-7-15)13-8-12-2-5-14(17)9-16(12)19-10-13/h2-7,9,13,17H,8,10H2,1H3. The Balaban J connectivity index is 1.82. The third kappa shape index (κ3) is 2.36. The number of rotatable bonds is 2. The lowest BCUT2D eigenvalue weighted by atomic mass is 9.90. The Bertz CT molecular complexity index is 575. The Morgan fingerprint density at radius 3 is 2.68 bits per heavy atom. The highest BCUT2D eigenvalue weighted by molar-refractivity contribution is 5.43. The van der Waals surface area contributed by atoms with E-state index in [-0.39, 0.29) is 5.75 Å². The van der Waals surface area contributed by atoms with E-state index in [0.29, 0.717) is 12.5 Å². The van der Waals surface area contributed by atoms with E-state index in [4.69, 9.17) is 9.47 Å². The van der Waals surface area contributed by atoms with Gasteiger partial charge in [0.2, 0.25) is 0 Å². The first-order valence-electron chi connectivity index (χ1n) is 6.35. The first-order valence-corrected chi connectivity index (χ1v) is 6.35. The first-order chi connectivity index (χ1) is 9.26. The van der Waals surface area contributed by atoms with E-state index in [0.717, 1.165) is 23.5 Å². The van der Waals surface area contributed by atoms with Crippen molar-refractivity contribution >= 4 is 0 Å². The molecule has 2 aromatic rings. The smallest absolute Gasteiger partial charge is 0.126 e. The summed E-state index contributed by atoms with van der Waals surface area (Å²) in [5.74, 6) is 2.26. The van der Waals surface area contributed by atoms with Gasteiger partial charge in [-0.25, -0.2) is 0 Å². The molecule has 1 heterocycles. The minimum absolute atomic E-state index is 0.252. The molecule has 0 aromatic heterocycles. The number of benzene rings is 2. The summed E-state index contributed by atoms with van der Waals surface area (Å²) in [6.07, 6.45) is 0.932. The first kappa shape index (κ1) is 11.9. The number of phenolic OH excluding ortho intramolecular Hbond substituents is 1. The van der Waals surface area contributed by atoms with Gasteiger partial charge in [0.25, 0.3) is 0 Å². The lowest BCUT2D eigenvalue weighted by Gasteiger charge is -2.25. The molecular weight excluding hydrogens is 240 g/mol. The Hall–Kier alpha value is -2.16. The summed E-state index contributed by atoms with van der Waals surface area (Å²) in [6, 6.07) is 13.4. The maximum absolute atomic E-state index is 9.43. The van der Waals surface area contributed by atoms with Gasteiger partial charge in [-0.05, 0) is 35.7 Å². The molecule has 1 unspecified atom stereocenters. The van der Waals surface area contributed by atoms with Crippen LogP contribution in [0.4, 0.5) is 0 Å². The van der Waals surface area contributed by atoms with Gasteiger partial charge in [0, 0.05) is 12.0 Å². The summed E-state index contributed by atoms with van der Waals surface area (Å²) in [4.78, 5) is 0. The van der Waals surface area contributed by atoms with Crippen molar-refractivity contribution in [1.29, 1.82) is 0 Å². The Morgan fingerprint density at radius 1 is 1.16 bits per heavy atom. The fraction of sp³-hybridized carbons (Fsp3) is 0.250. The molecule has 1 aliphatic rings. The molecule has 0 aliphatic carbocycles. The SMILES string of the molecule is COc1ccc(C2COc3cc(O)ccc3C2)cc1. The summed E-state index contributed by atoms with van der Waals surface area (Å²) < 4.78 is 10.9. The predicted molar refractivity (Wildman–Crippen MR) is 73.0 cm³/mol. The van der Waals surface area contributed by atoms with E-state index in [1.165, 1.54) is 5.56 Å². The van der Waals surface area contributed by atoms with Crippen molar-refractivity contribution in [3.05, 3.63) is 53.6 Å². The van der Waals surface area contributed by atoms with Crippen molar-refractivity contribution in [2.75, 3.05) is 13.7 Å². The molecule has 3 rings (SSSR count). The maximum Gasteiger partial charge on any atom is 0.126 e. The molecule has 0 saturated heterocycles. The Kier molecular flexibility index (Phi) is 3.03. The number of hydrogen-bond acceptors (Lipinski definition) is 3. The van der Waals surface area contributed by atoms with E-state index in [2.05, 4.69) is 12.1 Å². The van der Waals surface area contributed by atoms with E-state index in [9.17, 15) is 5.11 Å². The van der Waals surface area contributed by atoms with Gasteiger partial charge in [-0.1, -0.05) is 18.2 Å². The molecule has 3 heteroatoms. The molecule has 0 radical (unpaired) electrons. The molecule has 19 heavy (non-hydrogen) atoms. The van der Waals surface area contributed by atoms with Crippen LogP contribution in [0.2, 0.25) is 0 Å². The number of ether oxygens (including phenoxy) is 2. The van der Waals surface area contributed by atoms with Crippen molar-refractivity contribution in [1.82, 2.24) is 0 Å². The molecule has 0 spiro atoms. The minimum Gasteiger partial charge on any atom is -0.508 e. The van der Waals surface area contributed by atoms with Crippen LogP contribution in [0.25, 0.3) is 0 Å². The van der Waals surface area contributed by atoms with Crippen molar-refractivity contribution in [3.8, 4) is 17.2 Å². The van der Waals surface area contributed by atoms with Crippen LogP contribution in [0.1, 0.15) is 17.0 Å². The van der Waals surface area contributed by atoms with E-state index in [1.807, 2.05) is 18.2 Å². The van der Waals surface area contributed by atoms with Crippen LogP contribution < -0.4 is 9.47 Å². The fourth-order valence-electron chi connectivity index (χ4n) is 2.45. The maximum atomic E-state index is 9.43. The summed E-state index contributed by atoms with van der Waals surface area (Å²) in [6.45, 7) is 0.642. The number of methoxy groups -OCH3 is 1. The highest BCUT2D eigenvalue weighted by Gasteiger charge is 2.21. The average molecular weight is 256 g/mol. The lowest BCUT2D eigenvalue weighted by molar-refractivity contribution is 0.261. The van der Waals surface area contributed by atoms with Crippen LogP contribution >= 0.6 is 0 Å². The molecular formula is C16H16O3. The molecule has 0 amide bonds. The van der Waals surface area contributed by atoms with E-state index >= 15 is 0 Å². The quantitative estimate of drug-likeness (QED) is 0.897. The minimum atomic E-state index is 0.252. The fourth-order valence-corrected chi connectivity index (χ4v) is 2.45. The van der Waals surface area contributed by atoms with Crippen molar-refractivity contribution in [2.45, 2.75) is 12.3 Å². The van der Waals surface area contributed by atoms with Crippen molar-refractivity contribution < 1.29 is 14.6 Å². The largest absolute Gasteiger partial charge is 0.508 e. The second-order valence-electron chi connectivity index (χ2n) is 4.78. The second kappa shape index (κ2) is 4.84. The van der Waals surface area contributed by atoms with Gasteiger partial charge in [-0.3, -0.25) is 0 Å². The number of fused-ring (bicyclic) bond motifs is 1. The normalized spacial score (nSPS) is 17.4. The lowest BCUT2D eigenvalue weighted by Crippen LogP contribution is -2.19. The monoisotopic (exact) mass is 256 g/mol. The predicted octanol–water partition coefficient (Wildman–Crippen LogP) is 3.12. The molecule has 0 fully saturated rings. The summed E-state index contributed by atoms with van der Waals surface area (Å²) in [7, 11) is 1.67. The highest BCUT2D eigenvalue weighted by atomic mass is 16.5. The Morgan fingerprint density at radius 2 is 1.95 bits per heavy atom. The third-order valence-electron chi connectivity index (χ3n) is 3.54. The average Bonchev–Trinajstić information content (AvgIpc) is 2.47. The molecule has 0 saturated carbocycles. The molecule has 1 atom stereocenters. The molecule has 1 N–H and O–H groups in total.